The molecule has 5 nitrogen and oxygen atoms in total. The van der Waals surface area contributed by atoms with E-state index < -0.39 is 0 Å². The number of nitrogens with one attached hydrogen (secondary N) is 1. The van der Waals surface area contributed by atoms with Gasteiger partial charge in [-0.3, -0.25) is 4.90 Å². The number of nitrogens with zero attached hydrogens (tertiary/aromatic N) is 4. The van der Waals surface area contributed by atoms with Crippen molar-refractivity contribution in [2.75, 3.05) is 19.6 Å². The molecule has 2 rings (SSSR count). The van der Waals surface area contributed by atoms with Gasteiger partial charge in [0.25, 0.3) is 0 Å². The van der Waals surface area contributed by atoms with Crippen molar-refractivity contribution in [3.63, 3.8) is 0 Å². The lowest BCUT2D eigenvalue weighted by Crippen LogP contribution is -2.37. The SMILES string of the molecule is CCN(Cc1ncnn1C(C)C)CC1CCCN1. The molecule has 1 N–H and O–H groups in total. The molecule has 0 spiro atoms. The molecule has 0 aromatic carbocycles. The Kier molecular flexibility index (Phi) is 4.72. The van der Waals surface area contributed by atoms with Crippen molar-refractivity contribution < 1.29 is 0 Å². The number of likely N-dealkylation sites (N-methyl/N-ethyl adjacent to an activating group) is 1. The minimum atomic E-state index is 0.380. The molecular weight excluding hydrogens is 226 g/mol. The summed E-state index contributed by atoms with van der Waals surface area (Å²) in [7, 11) is 0. The average molecular weight is 251 g/mol. The molecule has 0 saturated carbocycles. The van der Waals surface area contributed by atoms with E-state index in [1.54, 1.807) is 6.33 Å². The molecule has 0 amide bonds. The Balaban J connectivity index is 1.94. The van der Waals surface area contributed by atoms with Crippen molar-refractivity contribution in [3.05, 3.63) is 12.2 Å². The first-order chi connectivity index (χ1) is 8.70. The van der Waals surface area contributed by atoms with E-state index in [1.807, 2.05) is 4.68 Å². The van der Waals surface area contributed by atoms with Crippen LogP contribution in [-0.4, -0.2) is 45.3 Å². The molecule has 1 aromatic rings. The predicted octanol–water partition coefficient (Wildman–Crippen LogP) is 1.43. The zero-order valence-electron chi connectivity index (χ0n) is 11.8. The average Bonchev–Trinajstić information content (AvgIpc) is 2.98. The van der Waals surface area contributed by atoms with E-state index in [2.05, 4.69) is 41.1 Å². The normalized spacial score (nSPS) is 20.2. The van der Waals surface area contributed by atoms with Crippen LogP contribution in [0.3, 0.4) is 0 Å². The number of aromatic nitrogens is 3. The fourth-order valence-corrected chi connectivity index (χ4v) is 2.55. The first-order valence-electron chi connectivity index (χ1n) is 7.04. The van der Waals surface area contributed by atoms with E-state index in [4.69, 9.17) is 0 Å². The fraction of sp³-hybridized carbons (Fsp3) is 0.846. The molecule has 1 fully saturated rings. The maximum Gasteiger partial charge on any atom is 0.141 e. The van der Waals surface area contributed by atoms with E-state index >= 15 is 0 Å². The lowest BCUT2D eigenvalue weighted by molar-refractivity contribution is 0.241. The zero-order chi connectivity index (χ0) is 13.0. The third-order valence-corrected chi connectivity index (χ3v) is 3.59. The van der Waals surface area contributed by atoms with Gasteiger partial charge in [0, 0.05) is 18.6 Å². The van der Waals surface area contributed by atoms with E-state index in [0.29, 0.717) is 12.1 Å². The van der Waals surface area contributed by atoms with Gasteiger partial charge in [-0.2, -0.15) is 5.10 Å². The van der Waals surface area contributed by atoms with Gasteiger partial charge in [0.2, 0.25) is 0 Å². The van der Waals surface area contributed by atoms with E-state index in [1.165, 1.54) is 19.4 Å². The van der Waals surface area contributed by atoms with Gasteiger partial charge in [-0.1, -0.05) is 6.92 Å². The summed E-state index contributed by atoms with van der Waals surface area (Å²) in [5.41, 5.74) is 0. The summed E-state index contributed by atoms with van der Waals surface area (Å²) < 4.78 is 2.02. The van der Waals surface area contributed by atoms with Gasteiger partial charge in [0.05, 0.1) is 6.54 Å². The van der Waals surface area contributed by atoms with E-state index in [9.17, 15) is 0 Å². The van der Waals surface area contributed by atoms with Crippen LogP contribution in [0.5, 0.6) is 0 Å². The largest absolute Gasteiger partial charge is 0.313 e. The second-order valence-electron chi connectivity index (χ2n) is 5.34. The minimum absolute atomic E-state index is 0.380. The Labute approximate surface area is 110 Å². The molecule has 2 heterocycles. The highest BCUT2D eigenvalue weighted by molar-refractivity contribution is 4.88. The Morgan fingerprint density at radius 2 is 2.39 bits per heavy atom. The summed E-state index contributed by atoms with van der Waals surface area (Å²) in [6.07, 6.45) is 4.27. The van der Waals surface area contributed by atoms with Gasteiger partial charge in [0.1, 0.15) is 12.2 Å². The van der Waals surface area contributed by atoms with Gasteiger partial charge < -0.3 is 5.32 Å². The fourth-order valence-electron chi connectivity index (χ4n) is 2.55. The van der Waals surface area contributed by atoms with E-state index in [0.717, 1.165) is 25.5 Å². The Bertz CT molecular complexity index is 354. The van der Waals surface area contributed by atoms with Crippen LogP contribution >= 0.6 is 0 Å². The van der Waals surface area contributed by atoms with Crippen LogP contribution < -0.4 is 5.32 Å². The minimum Gasteiger partial charge on any atom is -0.313 e. The van der Waals surface area contributed by atoms with Gasteiger partial charge in [0.15, 0.2) is 0 Å². The van der Waals surface area contributed by atoms with Crippen LogP contribution in [0.25, 0.3) is 0 Å². The molecule has 0 radical (unpaired) electrons. The number of hydrogen-bond donors (Lipinski definition) is 1. The quantitative estimate of drug-likeness (QED) is 0.831. The van der Waals surface area contributed by atoms with Gasteiger partial charge >= 0.3 is 0 Å². The third-order valence-electron chi connectivity index (χ3n) is 3.59. The Hall–Kier alpha value is -0.940. The first kappa shape index (κ1) is 13.5. The highest BCUT2D eigenvalue weighted by Crippen LogP contribution is 2.11. The molecule has 5 heteroatoms. The topological polar surface area (TPSA) is 46.0 Å². The molecular formula is C13H25N5. The zero-order valence-corrected chi connectivity index (χ0v) is 11.8. The molecule has 1 aliphatic heterocycles. The summed E-state index contributed by atoms with van der Waals surface area (Å²) in [5, 5.41) is 7.85. The molecule has 0 bridgehead atoms. The monoisotopic (exact) mass is 251 g/mol. The van der Waals surface area contributed by atoms with Crippen LogP contribution in [0.15, 0.2) is 6.33 Å². The van der Waals surface area contributed by atoms with Crippen molar-refractivity contribution in [2.24, 2.45) is 0 Å². The van der Waals surface area contributed by atoms with Crippen molar-refractivity contribution in [2.45, 2.75) is 52.2 Å². The predicted molar refractivity (Wildman–Crippen MR) is 72.4 cm³/mol. The summed E-state index contributed by atoms with van der Waals surface area (Å²) in [6, 6.07) is 1.03. The van der Waals surface area contributed by atoms with Crippen LogP contribution in [0.4, 0.5) is 0 Å². The van der Waals surface area contributed by atoms with Crippen LogP contribution in [0, 0.1) is 0 Å². The third kappa shape index (κ3) is 3.29. The number of hydrogen-bond acceptors (Lipinski definition) is 4. The van der Waals surface area contributed by atoms with Crippen molar-refractivity contribution in [1.29, 1.82) is 0 Å². The maximum atomic E-state index is 4.39. The van der Waals surface area contributed by atoms with Crippen LogP contribution in [0.1, 0.15) is 45.5 Å². The Morgan fingerprint density at radius 1 is 1.56 bits per heavy atom. The number of rotatable bonds is 6. The van der Waals surface area contributed by atoms with Gasteiger partial charge in [-0.15, -0.1) is 0 Å². The molecule has 0 aliphatic carbocycles. The molecule has 18 heavy (non-hydrogen) atoms. The van der Waals surface area contributed by atoms with Crippen LogP contribution in [0.2, 0.25) is 0 Å². The summed E-state index contributed by atoms with van der Waals surface area (Å²) in [5.74, 6) is 1.07. The maximum absolute atomic E-state index is 4.39. The smallest absolute Gasteiger partial charge is 0.141 e. The standard InChI is InChI=1S/C13H25N5/c1-4-17(8-12-6-5-7-14-12)9-13-15-10-16-18(13)11(2)3/h10-12,14H,4-9H2,1-3H3. The second-order valence-corrected chi connectivity index (χ2v) is 5.34. The second kappa shape index (κ2) is 6.29. The van der Waals surface area contributed by atoms with Gasteiger partial charge in [-0.25, -0.2) is 9.67 Å². The van der Waals surface area contributed by atoms with Gasteiger partial charge in [-0.05, 0) is 39.8 Å². The lowest BCUT2D eigenvalue weighted by atomic mass is 10.2. The van der Waals surface area contributed by atoms with Crippen molar-refractivity contribution in [3.8, 4) is 0 Å². The van der Waals surface area contributed by atoms with E-state index in [-0.39, 0.29) is 0 Å². The lowest BCUT2D eigenvalue weighted by Gasteiger charge is -2.24. The Morgan fingerprint density at radius 3 is 3.00 bits per heavy atom. The van der Waals surface area contributed by atoms with Crippen molar-refractivity contribution >= 4 is 0 Å². The molecule has 1 atom stereocenters. The molecule has 1 aromatic heterocycles. The van der Waals surface area contributed by atoms with Crippen molar-refractivity contribution in [1.82, 2.24) is 25.0 Å². The summed E-state index contributed by atoms with van der Waals surface area (Å²) >= 11 is 0. The molecule has 1 saturated heterocycles. The summed E-state index contributed by atoms with van der Waals surface area (Å²) in [6.45, 7) is 10.7. The molecule has 1 unspecified atom stereocenters. The highest BCUT2D eigenvalue weighted by atomic mass is 15.4. The molecule has 102 valence electrons. The first-order valence-corrected chi connectivity index (χ1v) is 7.04. The molecule has 1 aliphatic rings. The summed E-state index contributed by atoms with van der Waals surface area (Å²) in [4.78, 5) is 6.84. The highest BCUT2D eigenvalue weighted by Gasteiger charge is 2.18. The van der Waals surface area contributed by atoms with Crippen LogP contribution in [-0.2, 0) is 6.54 Å².